The first-order chi connectivity index (χ1) is 11.1. The van der Waals surface area contributed by atoms with Crippen LogP contribution in [0.5, 0.6) is 0 Å². The standard InChI is InChI=1S/C16H17N3O2S2/c1-10-5-2-3-7-12(10)14(20)18-19-15(21)13(23-16(19)22)9-11-6-4-8-17-11/h2-3,5,7,9,11,17H,4,6,8H2,1H3,(H,18,20)/b13-9-. The predicted octanol–water partition coefficient (Wildman–Crippen LogP) is 2.14. The average Bonchev–Trinajstić information content (AvgIpc) is 3.12. The van der Waals surface area contributed by atoms with E-state index < -0.39 is 0 Å². The Morgan fingerprint density at radius 3 is 2.96 bits per heavy atom. The summed E-state index contributed by atoms with van der Waals surface area (Å²) < 4.78 is 0.348. The molecule has 2 N–H and O–H groups in total. The van der Waals surface area contributed by atoms with Crippen molar-refractivity contribution in [2.24, 2.45) is 0 Å². The van der Waals surface area contributed by atoms with Crippen LogP contribution in [-0.4, -0.2) is 33.7 Å². The Morgan fingerprint density at radius 2 is 2.26 bits per heavy atom. The molecule has 3 rings (SSSR count). The third kappa shape index (κ3) is 3.46. The number of hydrazine groups is 1. The zero-order valence-corrected chi connectivity index (χ0v) is 14.3. The van der Waals surface area contributed by atoms with E-state index in [1.54, 1.807) is 12.1 Å². The first-order valence-corrected chi connectivity index (χ1v) is 8.67. The summed E-state index contributed by atoms with van der Waals surface area (Å²) in [6.45, 7) is 2.82. The molecule has 7 heteroatoms. The minimum Gasteiger partial charge on any atom is -0.310 e. The van der Waals surface area contributed by atoms with Gasteiger partial charge < -0.3 is 5.32 Å². The molecule has 0 radical (unpaired) electrons. The van der Waals surface area contributed by atoms with E-state index in [1.807, 2.05) is 25.1 Å². The van der Waals surface area contributed by atoms with Crippen LogP contribution in [0.25, 0.3) is 0 Å². The maximum Gasteiger partial charge on any atom is 0.284 e. The third-order valence-corrected chi connectivity index (χ3v) is 5.17. The molecule has 0 aliphatic carbocycles. The van der Waals surface area contributed by atoms with Crippen molar-refractivity contribution in [1.82, 2.24) is 15.8 Å². The summed E-state index contributed by atoms with van der Waals surface area (Å²) in [6.07, 6.45) is 4.03. The molecule has 1 aromatic rings. The lowest BCUT2D eigenvalue weighted by molar-refractivity contribution is -0.123. The second-order valence-electron chi connectivity index (χ2n) is 5.50. The van der Waals surface area contributed by atoms with Crippen molar-refractivity contribution in [2.75, 3.05) is 6.54 Å². The van der Waals surface area contributed by atoms with Crippen LogP contribution < -0.4 is 10.7 Å². The van der Waals surface area contributed by atoms with Gasteiger partial charge in [0.25, 0.3) is 11.8 Å². The van der Waals surface area contributed by atoms with Crippen molar-refractivity contribution in [3.63, 3.8) is 0 Å². The van der Waals surface area contributed by atoms with Gasteiger partial charge in [-0.25, -0.2) is 0 Å². The lowest BCUT2D eigenvalue weighted by atomic mass is 10.1. The minimum absolute atomic E-state index is 0.205. The molecule has 2 amide bonds. The summed E-state index contributed by atoms with van der Waals surface area (Å²) >= 11 is 6.45. The lowest BCUT2D eigenvalue weighted by Crippen LogP contribution is -2.45. The molecule has 23 heavy (non-hydrogen) atoms. The Kier molecular flexibility index (Phi) is 4.79. The Hall–Kier alpha value is -1.70. The fourth-order valence-corrected chi connectivity index (χ4v) is 3.82. The summed E-state index contributed by atoms with van der Waals surface area (Å²) in [4.78, 5) is 25.4. The number of thioether (sulfide) groups is 1. The van der Waals surface area contributed by atoms with Crippen molar-refractivity contribution in [3.8, 4) is 0 Å². The zero-order chi connectivity index (χ0) is 16.4. The fourth-order valence-electron chi connectivity index (χ4n) is 2.60. The van der Waals surface area contributed by atoms with Crippen LogP contribution in [0.3, 0.4) is 0 Å². The molecule has 5 nitrogen and oxygen atoms in total. The van der Waals surface area contributed by atoms with E-state index in [0.29, 0.717) is 14.8 Å². The smallest absolute Gasteiger partial charge is 0.284 e. The number of hydrogen-bond donors (Lipinski definition) is 2. The molecule has 2 aliphatic heterocycles. The van der Waals surface area contributed by atoms with Gasteiger partial charge in [-0.2, -0.15) is 5.01 Å². The van der Waals surface area contributed by atoms with Gasteiger partial charge in [-0.05, 0) is 56.2 Å². The van der Waals surface area contributed by atoms with Crippen LogP contribution in [0.4, 0.5) is 0 Å². The highest BCUT2D eigenvalue weighted by Crippen LogP contribution is 2.30. The molecule has 1 atom stereocenters. The molecule has 2 heterocycles. The zero-order valence-electron chi connectivity index (χ0n) is 12.7. The highest BCUT2D eigenvalue weighted by atomic mass is 32.2. The average molecular weight is 347 g/mol. The van der Waals surface area contributed by atoms with Crippen molar-refractivity contribution in [3.05, 3.63) is 46.4 Å². The van der Waals surface area contributed by atoms with Gasteiger partial charge >= 0.3 is 0 Å². The van der Waals surface area contributed by atoms with E-state index in [2.05, 4.69) is 10.7 Å². The van der Waals surface area contributed by atoms with E-state index in [0.717, 1.165) is 30.0 Å². The molecule has 120 valence electrons. The van der Waals surface area contributed by atoms with Gasteiger partial charge in [-0.15, -0.1) is 0 Å². The Bertz CT molecular complexity index is 696. The van der Waals surface area contributed by atoms with Crippen LogP contribution >= 0.6 is 24.0 Å². The second-order valence-corrected chi connectivity index (χ2v) is 7.17. The molecular formula is C16H17N3O2S2. The van der Waals surface area contributed by atoms with E-state index >= 15 is 0 Å². The topological polar surface area (TPSA) is 61.4 Å². The van der Waals surface area contributed by atoms with Gasteiger partial charge in [-0.3, -0.25) is 15.0 Å². The quantitative estimate of drug-likeness (QED) is 0.648. The Labute approximate surface area is 144 Å². The fraction of sp³-hybridized carbons (Fsp3) is 0.312. The van der Waals surface area contributed by atoms with Gasteiger partial charge in [0.05, 0.1) is 4.91 Å². The van der Waals surface area contributed by atoms with Gasteiger partial charge in [0.1, 0.15) is 0 Å². The number of carbonyl (C=O) groups excluding carboxylic acids is 2. The number of hydrogen-bond acceptors (Lipinski definition) is 5. The number of rotatable bonds is 3. The minimum atomic E-state index is -0.334. The summed E-state index contributed by atoms with van der Waals surface area (Å²) in [6, 6.07) is 7.43. The second kappa shape index (κ2) is 6.82. The number of amides is 2. The molecule has 1 aromatic carbocycles. The van der Waals surface area contributed by atoms with Crippen LogP contribution in [0.2, 0.25) is 0 Å². The summed E-state index contributed by atoms with van der Waals surface area (Å²) in [5, 5.41) is 4.48. The highest BCUT2D eigenvalue weighted by molar-refractivity contribution is 8.26. The normalized spacial score (nSPS) is 22.9. The van der Waals surface area contributed by atoms with Crippen molar-refractivity contribution < 1.29 is 9.59 Å². The number of nitrogens with one attached hydrogen (secondary N) is 2. The first kappa shape index (κ1) is 16.2. The lowest BCUT2D eigenvalue weighted by Gasteiger charge is -2.16. The maximum atomic E-state index is 12.5. The number of aryl methyl sites for hydroxylation is 1. The van der Waals surface area contributed by atoms with E-state index in [9.17, 15) is 9.59 Å². The Morgan fingerprint density at radius 1 is 1.48 bits per heavy atom. The number of nitrogens with zero attached hydrogens (tertiary/aromatic N) is 1. The molecule has 0 aromatic heterocycles. The van der Waals surface area contributed by atoms with E-state index in [4.69, 9.17) is 12.2 Å². The van der Waals surface area contributed by atoms with Gasteiger partial charge in [-0.1, -0.05) is 30.0 Å². The summed E-state index contributed by atoms with van der Waals surface area (Å²) in [7, 11) is 0. The van der Waals surface area contributed by atoms with Crippen LogP contribution in [0.1, 0.15) is 28.8 Å². The molecule has 1 unspecified atom stereocenters. The van der Waals surface area contributed by atoms with Gasteiger partial charge in [0.15, 0.2) is 4.32 Å². The van der Waals surface area contributed by atoms with Crippen molar-refractivity contribution in [2.45, 2.75) is 25.8 Å². The Balaban J connectivity index is 1.73. The monoisotopic (exact) mass is 347 g/mol. The van der Waals surface area contributed by atoms with E-state index in [1.165, 1.54) is 11.8 Å². The van der Waals surface area contributed by atoms with Crippen LogP contribution in [-0.2, 0) is 4.79 Å². The number of carbonyl (C=O) groups is 2. The van der Waals surface area contributed by atoms with Crippen LogP contribution in [0.15, 0.2) is 35.2 Å². The van der Waals surface area contributed by atoms with Crippen molar-refractivity contribution >= 4 is 40.1 Å². The van der Waals surface area contributed by atoms with Crippen LogP contribution in [0, 0.1) is 6.92 Å². The SMILES string of the molecule is Cc1ccccc1C(=O)NN1C(=O)/C(=C/C2CCCN2)SC1=S. The molecule has 2 saturated heterocycles. The molecular weight excluding hydrogens is 330 g/mol. The molecule has 0 spiro atoms. The number of thiocarbonyl (C=S) groups is 1. The largest absolute Gasteiger partial charge is 0.310 e. The summed E-state index contributed by atoms with van der Waals surface area (Å²) in [5.74, 6) is -0.602. The summed E-state index contributed by atoms with van der Waals surface area (Å²) in [5.41, 5.74) is 3.99. The van der Waals surface area contributed by atoms with Gasteiger partial charge in [0, 0.05) is 11.6 Å². The highest BCUT2D eigenvalue weighted by Gasteiger charge is 2.34. The van der Waals surface area contributed by atoms with E-state index in [-0.39, 0.29) is 17.9 Å². The molecule has 0 saturated carbocycles. The number of benzene rings is 1. The molecule has 2 fully saturated rings. The molecule has 0 bridgehead atoms. The third-order valence-electron chi connectivity index (χ3n) is 3.85. The van der Waals surface area contributed by atoms with Gasteiger partial charge in [0.2, 0.25) is 0 Å². The predicted molar refractivity (Wildman–Crippen MR) is 94.8 cm³/mol. The van der Waals surface area contributed by atoms with Crippen molar-refractivity contribution in [1.29, 1.82) is 0 Å². The first-order valence-electron chi connectivity index (χ1n) is 7.44. The maximum absolute atomic E-state index is 12.5. The molecule has 2 aliphatic rings.